The lowest BCUT2D eigenvalue weighted by atomic mass is 10.0. The molecule has 1 aromatic carbocycles. The third-order valence-corrected chi connectivity index (χ3v) is 3.04. The van der Waals surface area contributed by atoms with E-state index in [0.717, 1.165) is 30.0 Å². The van der Waals surface area contributed by atoms with E-state index in [4.69, 9.17) is 10.5 Å². The summed E-state index contributed by atoms with van der Waals surface area (Å²) in [6.07, 6.45) is 3.59. The first-order valence-corrected chi connectivity index (χ1v) is 6.62. The van der Waals surface area contributed by atoms with Gasteiger partial charge in [-0.05, 0) is 49.6 Å². The summed E-state index contributed by atoms with van der Waals surface area (Å²) in [6, 6.07) is 12.1. The molecule has 3 nitrogen and oxygen atoms in total. The van der Waals surface area contributed by atoms with Crippen molar-refractivity contribution in [2.45, 2.75) is 32.7 Å². The Kier molecular flexibility index (Phi) is 4.53. The lowest BCUT2D eigenvalue weighted by Crippen LogP contribution is -2.21. The highest BCUT2D eigenvalue weighted by Gasteiger charge is 2.03. The Morgan fingerprint density at radius 1 is 1.21 bits per heavy atom. The molecule has 0 bridgehead atoms. The molecule has 0 aliphatic rings. The van der Waals surface area contributed by atoms with E-state index in [9.17, 15) is 0 Å². The van der Waals surface area contributed by atoms with E-state index in [-0.39, 0.29) is 6.04 Å². The highest BCUT2D eigenvalue weighted by Crippen LogP contribution is 2.22. The normalized spacial score (nSPS) is 12.2. The van der Waals surface area contributed by atoms with Crippen molar-refractivity contribution in [1.82, 2.24) is 4.98 Å². The van der Waals surface area contributed by atoms with Crippen molar-refractivity contribution in [2.24, 2.45) is 5.73 Å². The van der Waals surface area contributed by atoms with Crippen molar-refractivity contribution in [2.75, 3.05) is 0 Å². The van der Waals surface area contributed by atoms with Gasteiger partial charge in [-0.3, -0.25) is 4.98 Å². The molecule has 0 spiro atoms. The van der Waals surface area contributed by atoms with Crippen molar-refractivity contribution in [1.29, 1.82) is 0 Å². The molecule has 1 aromatic heterocycles. The molecule has 0 aliphatic carbocycles. The van der Waals surface area contributed by atoms with Crippen molar-refractivity contribution in [3.8, 4) is 11.5 Å². The SMILES string of the molecule is CCC(N)Cc1cccc(Oc2ccc(C)nc2)c1. The first-order chi connectivity index (χ1) is 9.17. The fourth-order valence-corrected chi connectivity index (χ4v) is 1.83. The standard InChI is InChI=1S/C16H20N2O/c1-3-14(17)9-13-5-4-6-15(10-13)19-16-8-7-12(2)18-11-16/h4-8,10-11,14H,3,9,17H2,1-2H3. The summed E-state index contributed by atoms with van der Waals surface area (Å²) in [6.45, 7) is 4.06. The van der Waals surface area contributed by atoms with E-state index < -0.39 is 0 Å². The van der Waals surface area contributed by atoms with Gasteiger partial charge in [-0.25, -0.2) is 0 Å². The predicted molar refractivity (Wildman–Crippen MR) is 77.5 cm³/mol. The first kappa shape index (κ1) is 13.6. The highest BCUT2D eigenvalue weighted by atomic mass is 16.5. The summed E-state index contributed by atoms with van der Waals surface area (Å²) in [5, 5.41) is 0. The summed E-state index contributed by atoms with van der Waals surface area (Å²) in [5.41, 5.74) is 8.16. The van der Waals surface area contributed by atoms with Crippen LogP contribution < -0.4 is 10.5 Å². The minimum absolute atomic E-state index is 0.205. The molecular formula is C16H20N2O. The van der Waals surface area contributed by atoms with E-state index in [1.54, 1.807) is 6.20 Å². The van der Waals surface area contributed by atoms with Crippen LogP contribution in [0.1, 0.15) is 24.6 Å². The minimum atomic E-state index is 0.205. The van der Waals surface area contributed by atoms with E-state index in [0.29, 0.717) is 0 Å². The molecule has 2 rings (SSSR count). The summed E-state index contributed by atoms with van der Waals surface area (Å²) in [7, 11) is 0. The third-order valence-electron chi connectivity index (χ3n) is 3.04. The fourth-order valence-electron chi connectivity index (χ4n) is 1.83. The van der Waals surface area contributed by atoms with E-state index in [1.165, 1.54) is 5.56 Å². The number of hydrogen-bond donors (Lipinski definition) is 1. The zero-order valence-electron chi connectivity index (χ0n) is 11.5. The lowest BCUT2D eigenvalue weighted by molar-refractivity contribution is 0.479. The minimum Gasteiger partial charge on any atom is -0.456 e. The Labute approximate surface area is 114 Å². The van der Waals surface area contributed by atoms with Gasteiger partial charge in [0.15, 0.2) is 0 Å². The second-order valence-electron chi connectivity index (χ2n) is 4.76. The largest absolute Gasteiger partial charge is 0.456 e. The zero-order chi connectivity index (χ0) is 13.7. The van der Waals surface area contributed by atoms with Crippen LogP contribution in [-0.2, 0) is 6.42 Å². The highest BCUT2D eigenvalue weighted by molar-refractivity contribution is 5.33. The molecule has 1 heterocycles. The van der Waals surface area contributed by atoms with Crippen LogP contribution in [0.3, 0.4) is 0 Å². The quantitative estimate of drug-likeness (QED) is 0.891. The van der Waals surface area contributed by atoms with Gasteiger partial charge < -0.3 is 10.5 Å². The fraction of sp³-hybridized carbons (Fsp3) is 0.312. The zero-order valence-corrected chi connectivity index (χ0v) is 11.5. The molecular weight excluding hydrogens is 236 g/mol. The number of nitrogens with two attached hydrogens (primary N) is 1. The van der Waals surface area contributed by atoms with Crippen LogP contribution in [0.5, 0.6) is 11.5 Å². The molecule has 1 unspecified atom stereocenters. The van der Waals surface area contributed by atoms with Crippen LogP contribution in [0, 0.1) is 6.92 Å². The summed E-state index contributed by atoms with van der Waals surface area (Å²) in [5.74, 6) is 1.58. The first-order valence-electron chi connectivity index (χ1n) is 6.62. The van der Waals surface area contributed by atoms with Crippen LogP contribution in [-0.4, -0.2) is 11.0 Å². The Balaban J connectivity index is 2.08. The molecule has 19 heavy (non-hydrogen) atoms. The number of aromatic nitrogens is 1. The molecule has 0 fully saturated rings. The van der Waals surface area contributed by atoms with Gasteiger partial charge in [0.1, 0.15) is 11.5 Å². The summed E-state index contributed by atoms with van der Waals surface area (Å²) >= 11 is 0. The van der Waals surface area contributed by atoms with Crippen molar-refractivity contribution in [3.63, 3.8) is 0 Å². The topological polar surface area (TPSA) is 48.1 Å². The van der Waals surface area contributed by atoms with E-state index >= 15 is 0 Å². The number of pyridine rings is 1. The maximum atomic E-state index is 5.97. The molecule has 100 valence electrons. The van der Waals surface area contributed by atoms with Crippen molar-refractivity contribution in [3.05, 3.63) is 53.9 Å². The van der Waals surface area contributed by atoms with Gasteiger partial charge in [0.05, 0.1) is 6.20 Å². The van der Waals surface area contributed by atoms with Crippen LogP contribution >= 0.6 is 0 Å². The smallest absolute Gasteiger partial charge is 0.145 e. The summed E-state index contributed by atoms with van der Waals surface area (Å²) < 4.78 is 5.79. The number of aryl methyl sites for hydroxylation is 1. The molecule has 2 aromatic rings. The van der Waals surface area contributed by atoms with Gasteiger partial charge in [-0.1, -0.05) is 19.1 Å². The van der Waals surface area contributed by atoms with Crippen molar-refractivity contribution >= 4 is 0 Å². The van der Waals surface area contributed by atoms with E-state index in [1.807, 2.05) is 37.3 Å². The second-order valence-corrected chi connectivity index (χ2v) is 4.76. The van der Waals surface area contributed by atoms with Gasteiger partial charge in [0.2, 0.25) is 0 Å². The molecule has 2 N–H and O–H groups in total. The van der Waals surface area contributed by atoms with Gasteiger partial charge >= 0.3 is 0 Å². The maximum Gasteiger partial charge on any atom is 0.145 e. The van der Waals surface area contributed by atoms with Crippen LogP contribution in [0.15, 0.2) is 42.6 Å². The molecule has 0 amide bonds. The van der Waals surface area contributed by atoms with Gasteiger partial charge in [0.25, 0.3) is 0 Å². The monoisotopic (exact) mass is 256 g/mol. The summed E-state index contributed by atoms with van der Waals surface area (Å²) in [4.78, 5) is 4.21. The third kappa shape index (κ3) is 4.07. The average Bonchev–Trinajstić information content (AvgIpc) is 2.42. The number of ether oxygens (including phenoxy) is 1. The Morgan fingerprint density at radius 3 is 2.74 bits per heavy atom. The number of benzene rings is 1. The number of hydrogen-bond acceptors (Lipinski definition) is 3. The molecule has 1 atom stereocenters. The predicted octanol–water partition coefficient (Wildman–Crippen LogP) is 3.46. The molecule has 0 aliphatic heterocycles. The number of nitrogens with zero attached hydrogens (tertiary/aromatic N) is 1. The Morgan fingerprint density at radius 2 is 2.05 bits per heavy atom. The van der Waals surface area contributed by atoms with Gasteiger partial charge in [0, 0.05) is 11.7 Å². The second kappa shape index (κ2) is 6.34. The van der Waals surface area contributed by atoms with Crippen molar-refractivity contribution < 1.29 is 4.74 Å². The lowest BCUT2D eigenvalue weighted by Gasteiger charge is -2.10. The Bertz CT molecular complexity index is 523. The van der Waals surface area contributed by atoms with Gasteiger partial charge in [-0.15, -0.1) is 0 Å². The van der Waals surface area contributed by atoms with E-state index in [2.05, 4.69) is 18.0 Å². The van der Waals surface area contributed by atoms with Gasteiger partial charge in [-0.2, -0.15) is 0 Å². The molecule has 0 saturated heterocycles. The number of rotatable bonds is 5. The Hall–Kier alpha value is -1.87. The van der Waals surface area contributed by atoms with Crippen LogP contribution in [0.2, 0.25) is 0 Å². The molecule has 0 radical (unpaired) electrons. The maximum absolute atomic E-state index is 5.97. The van der Waals surface area contributed by atoms with Crippen LogP contribution in [0.25, 0.3) is 0 Å². The average molecular weight is 256 g/mol. The molecule has 0 saturated carbocycles. The van der Waals surface area contributed by atoms with Crippen LogP contribution in [0.4, 0.5) is 0 Å². The molecule has 3 heteroatoms.